The van der Waals surface area contributed by atoms with E-state index in [1.165, 1.54) is 6.92 Å². The number of hydrogen-bond acceptors (Lipinski definition) is 6. The quantitative estimate of drug-likeness (QED) is 0.684. The molecule has 0 spiro atoms. The van der Waals surface area contributed by atoms with Crippen LogP contribution in [0.25, 0.3) is 0 Å². The average molecular weight is 293 g/mol. The smallest absolute Gasteiger partial charge is 0.363 e. The van der Waals surface area contributed by atoms with Gasteiger partial charge in [0.05, 0.1) is 17.4 Å². The maximum atomic E-state index is 11.1. The Bertz CT molecular complexity index is 382. The van der Waals surface area contributed by atoms with Crippen LogP contribution in [0.4, 0.5) is 0 Å². The number of halogens is 2. The zero-order valence-corrected chi connectivity index (χ0v) is 10.5. The number of ether oxygens (including phenoxy) is 1. The first-order chi connectivity index (χ1) is 7.27. The first-order valence-corrected chi connectivity index (χ1v) is 6.79. The summed E-state index contributed by atoms with van der Waals surface area (Å²) >= 11 is 11.5. The highest BCUT2D eigenvalue weighted by Gasteiger charge is 2.59. The highest BCUT2D eigenvalue weighted by atomic mass is 35.5. The molecule has 2 aliphatic rings. The van der Waals surface area contributed by atoms with Gasteiger partial charge in [-0.1, -0.05) is 0 Å². The summed E-state index contributed by atoms with van der Waals surface area (Å²) in [6.45, 7) is 1.27. The van der Waals surface area contributed by atoms with Crippen LogP contribution in [0.5, 0.6) is 0 Å². The maximum Gasteiger partial charge on any atom is 0.400 e. The molecule has 0 aromatic heterocycles. The molecule has 0 unspecified atom stereocenters. The molecule has 0 bridgehead atoms. The first-order valence-electron chi connectivity index (χ1n) is 4.48. The second-order valence-electron chi connectivity index (χ2n) is 3.80. The Morgan fingerprint density at radius 1 is 1.44 bits per heavy atom. The molecule has 9 heteroatoms. The van der Waals surface area contributed by atoms with Gasteiger partial charge in [0.25, 0.3) is 0 Å². The number of rotatable bonds is 1. The normalized spacial score (nSPS) is 51.2. The molecule has 2 heterocycles. The Labute approximate surface area is 103 Å². The second kappa shape index (κ2) is 3.94. The molecule has 16 heavy (non-hydrogen) atoms. The Kier molecular flexibility index (Phi) is 3.16. The fourth-order valence-corrected chi connectivity index (χ4v) is 3.58. The van der Waals surface area contributed by atoms with Crippen molar-refractivity contribution in [2.45, 2.75) is 36.4 Å². The Morgan fingerprint density at radius 2 is 2.06 bits per heavy atom. The Hall–Kier alpha value is 0.370. The standard InChI is InChI=1S/C7H10Cl2O6S/c1-7(10)6-5(14-16(11,12)15-6)4(9)3(2-8)13-7/h3-6,10H,2H2,1H3/t3-,4+,5+,6-,7-/m1/s1. The molecule has 0 radical (unpaired) electrons. The van der Waals surface area contributed by atoms with Gasteiger partial charge in [0.2, 0.25) is 0 Å². The molecule has 0 amide bonds. The van der Waals surface area contributed by atoms with Crippen molar-refractivity contribution in [1.82, 2.24) is 0 Å². The van der Waals surface area contributed by atoms with E-state index in [9.17, 15) is 13.5 Å². The molecule has 0 saturated carbocycles. The summed E-state index contributed by atoms with van der Waals surface area (Å²) in [5.41, 5.74) is 0. The van der Waals surface area contributed by atoms with Gasteiger partial charge in [-0.3, -0.25) is 0 Å². The van der Waals surface area contributed by atoms with Crippen LogP contribution in [0.3, 0.4) is 0 Å². The van der Waals surface area contributed by atoms with Gasteiger partial charge >= 0.3 is 10.4 Å². The second-order valence-corrected chi connectivity index (χ2v) is 5.81. The average Bonchev–Trinajstić information content (AvgIpc) is 2.49. The van der Waals surface area contributed by atoms with Crippen molar-refractivity contribution >= 4 is 33.6 Å². The van der Waals surface area contributed by atoms with Crippen molar-refractivity contribution in [3.05, 3.63) is 0 Å². The molecule has 94 valence electrons. The molecule has 2 rings (SSSR count). The van der Waals surface area contributed by atoms with E-state index in [2.05, 4.69) is 8.37 Å². The van der Waals surface area contributed by atoms with E-state index < -0.39 is 39.9 Å². The molecule has 5 atom stereocenters. The van der Waals surface area contributed by atoms with E-state index in [0.717, 1.165) is 0 Å². The van der Waals surface area contributed by atoms with Crippen LogP contribution in [0, 0.1) is 0 Å². The third-order valence-electron chi connectivity index (χ3n) is 2.49. The largest absolute Gasteiger partial charge is 0.400 e. The van der Waals surface area contributed by atoms with Gasteiger partial charge in [-0.05, 0) is 6.92 Å². The third kappa shape index (κ3) is 2.05. The molecule has 0 aliphatic carbocycles. The Balaban J connectivity index is 2.32. The monoisotopic (exact) mass is 292 g/mol. The SMILES string of the molecule is C[C@@]1(O)O[C@H](CCl)[C@H](Cl)[C@@H]2OS(=O)(=O)O[C@H]21. The summed E-state index contributed by atoms with van der Waals surface area (Å²) in [6.07, 6.45) is -2.89. The van der Waals surface area contributed by atoms with Gasteiger partial charge in [0.15, 0.2) is 11.9 Å². The number of hydrogen-bond donors (Lipinski definition) is 1. The van der Waals surface area contributed by atoms with Gasteiger partial charge in [-0.25, -0.2) is 8.37 Å². The van der Waals surface area contributed by atoms with E-state index >= 15 is 0 Å². The van der Waals surface area contributed by atoms with Gasteiger partial charge in [-0.2, -0.15) is 8.42 Å². The number of alkyl halides is 2. The van der Waals surface area contributed by atoms with E-state index in [-0.39, 0.29) is 5.88 Å². The van der Waals surface area contributed by atoms with E-state index in [1.807, 2.05) is 0 Å². The molecule has 0 aromatic rings. The van der Waals surface area contributed by atoms with Gasteiger partial charge < -0.3 is 9.84 Å². The molecular weight excluding hydrogens is 283 g/mol. The van der Waals surface area contributed by atoms with E-state index in [0.29, 0.717) is 0 Å². The molecule has 6 nitrogen and oxygen atoms in total. The summed E-state index contributed by atoms with van der Waals surface area (Å²) in [5, 5.41) is 9.08. The summed E-state index contributed by atoms with van der Waals surface area (Å²) < 4.78 is 36.6. The van der Waals surface area contributed by atoms with Crippen LogP contribution in [0.2, 0.25) is 0 Å². The van der Waals surface area contributed by atoms with Crippen LogP contribution < -0.4 is 0 Å². The van der Waals surface area contributed by atoms with Gasteiger partial charge in [-0.15, -0.1) is 23.2 Å². The summed E-state index contributed by atoms with van der Waals surface area (Å²) in [7, 11) is -4.13. The number of aliphatic hydroxyl groups is 1. The van der Waals surface area contributed by atoms with Crippen molar-refractivity contribution in [2.75, 3.05) is 5.88 Å². The van der Waals surface area contributed by atoms with Crippen molar-refractivity contribution in [3.8, 4) is 0 Å². The molecule has 2 aliphatic heterocycles. The summed E-state index contributed by atoms with van der Waals surface area (Å²) in [5.74, 6) is -1.80. The lowest BCUT2D eigenvalue weighted by Crippen LogP contribution is -2.60. The van der Waals surface area contributed by atoms with E-state index in [4.69, 9.17) is 27.9 Å². The lowest BCUT2D eigenvalue weighted by atomic mass is 9.96. The maximum absolute atomic E-state index is 11.1. The topological polar surface area (TPSA) is 82.1 Å². The highest BCUT2D eigenvalue weighted by molar-refractivity contribution is 7.82. The van der Waals surface area contributed by atoms with Gasteiger partial charge in [0, 0.05) is 0 Å². The van der Waals surface area contributed by atoms with Crippen LogP contribution >= 0.6 is 23.2 Å². The minimum absolute atomic E-state index is 0.0109. The molecule has 1 N–H and O–H groups in total. The van der Waals surface area contributed by atoms with Crippen molar-refractivity contribution in [2.24, 2.45) is 0 Å². The summed E-state index contributed by atoms with van der Waals surface area (Å²) in [4.78, 5) is 0. The van der Waals surface area contributed by atoms with Crippen molar-refractivity contribution in [1.29, 1.82) is 0 Å². The fraction of sp³-hybridized carbons (Fsp3) is 1.00. The van der Waals surface area contributed by atoms with E-state index in [1.54, 1.807) is 0 Å². The first kappa shape index (κ1) is 12.8. The lowest BCUT2D eigenvalue weighted by molar-refractivity contribution is -0.284. The zero-order valence-electron chi connectivity index (χ0n) is 8.17. The molecular formula is C7H10Cl2O6S. The minimum atomic E-state index is -4.13. The lowest BCUT2D eigenvalue weighted by Gasteiger charge is -2.41. The number of fused-ring (bicyclic) bond motifs is 1. The third-order valence-corrected chi connectivity index (χ3v) is 4.22. The minimum Gasteiger partial charge on any atom is -0.363 e. The zero-order chi connectivity index (χ0) is 12.1. The van der Waals surface area contributed by atoms with Crippen LogP contribution in [-0.4, -0.2) is 48.9 Å². The van der Waals surface area contributed by atoms with Crippen LogP contribution in [0.1, 0.15) is 6.92 Å². The molecule has 2 fully saturated rings. The predicted octanol–water partition coefficient (Wildman–Crippen LogP) is -0.0313. The predicted molar refractivity (Wildman–Crippen MR) is 54.5 cm³/mol. The highest BCUT2D eigenvalue weighted by Crippen LogP contribution is 2.40. The van der Waals surface area contributed by atoms with Crippen molar-refractivity contribution < 1.29 is 26.6 Å². The van der Waals surface area contributed by atoms with Crippen LogP contribution in [0.15, 0.2) is 0 Å². The Morgan fingerprint density at radius 3 is 2.62 bits per heavy atom. The van der Waals surface area contributed by atoms with Crippen molar-refractivity contribution in [3.63, 3.8) is 0 Å². The molecule has 0 aromatic carbocycles. The van der Waals surface area contributed by atoms with Gasteiger partial charge in [0.1, 0.15) is 6.10 Å². The van der Waals surface area contributed by atoms with Crippen LogP contribution in [-0.2, 0) is 23.5 Å². The summed E-state index contributed by atoms with van der Waals surface area (Å²) in [6, 6.07) is 0. The molecule has 2 saturated heterocycles. The fourth-order valence-electron chi connectivity index (χ4n) is 1.77.